The molecule has 0 aliphatic carbocycles. The number of hydrogen-bond donors (Lipinski definition) is 0. The molecule has 1 saturated heterocycles. The Bertz CT molecular complexity index is 426. The summed E-state index contributed by atoms with van der Waals surface area (Å²) in [6, 6.07) is 0. The SMILES string of the molecule is O=S1(=O)CCC(Cn2cc(Cl)cn2)C1. The Kier molecular flexibility index (Phi) is 2.53. The third-order valence-electron chi connectivity index (χ3n) is 2.37. The van der Waals surface area contributed by atoms with E-state index in [0.29, 0.717) is 17.3 Å². The fourth-order valence-corrected chi connectivity index (χ4v) is 3.72. The fourth-order valence-electron chi connectivity index (χ4n) is 1.72. The summed E-state index contributed by atoms with van der Waals surface area (Å²) in [5.41, 5.74) is 0. The number of hydrogen-bond acceptors (Lipinski definition) is 3. The van der Waals surface area contributed by atoms with Crippen LogP contribution in [0.15, 0.2) is 12.4 Å². The third kappa shape index (κ3) is 2.27. The van der Waals surface area contributed by atoms with Crippen molar-refractivity contribution in [2.24, 2.45) is 5.92 Å². The van der Waals surface area contributed by atoms with Crippen LogP contribution < -0.4 is 0 Å². The molecule has 0 N–H and O–H groups in total. The minimum atomic E-state index is -2.78. The summed E-state index contributed by atoms with van der Waals surface area (Å²) < 4.78 is 24.1. The van der Waals surface area contributed by atoms with Crippen molar-refractivity contribution in [2.75, 3.05) is 11.5 Å². The Labute approximate surface area is 87.8 Å². The van der Waals surface area contributed by atoms with Crippen LogP contribution in [-0.4, -0.2) is 29.7 Å². The molecule has 1 unspecified atom stereocenters. The molecule has 0 radical (unpaired) electrons. The van der Waals surface area contributed by atoms with Crippen molar-refractivity contribution in [2.45, 2.75) is 13.0 Å². The molecule has 1 aliphatic rings. The number of nitrogens with zero attached hydrogens (tertiary/aromatic N) is 2. The molecule has 0 amide bonds. The first-order valence-electron chi connectivity index (χ1n) is 4.43. The van der Waals surface area contributed by atoms with Crippen LogP contribution in [0.1, 0.15) is 6.42 Å². The van der Waals surface area contributed by atoms with E-state index in [2.05, 4.69) is 5.10 Å². The maximum Gasteiger partial charge on any atom is 0.150 e. The zero-order valence-corrected chi connectivity index (χ0v) is 9.13. The molecule has 6 heteroatoms. The highest BCUT2D eigenvalue weighted by Gasteiger charge is 2.28. The number of aromatic nitrogens is 2. The quantitative estimate of drug-likeness (QED) is 0.766. The summed E-state index contributed by atoms with van der Waals surface area (Å²) >= 11 is 5.70. The Balaban J connectivity index is 2.00. The standard InChI is InChI=1S/C8H11ClN2O2S/c9-8-3-10-11(5-8)4-7-1-2-14(12,13)6-7/h3,5,7H,1-2,4,6H2. The van der Waals surface area contributed by atoms with Gasteiger partial charge >= 0.3 is 0 Å². The Morgan fingerprint density at radius 3 is 2.93 bits per heavy atom. The Morgan fingerprint density at radius 2 is 2.43 bits per heavy atom. The summed E-state index contributed by atoms with van der Waals surface area (Å²) in [7, 11) is -2.78. The van der Waals surface area contributed by atoms with E-state index in [4.69, 9.17) is 11.6 Å². The summed E-state index contributed by atoms with van der Waals surface area (Å²) in [6.07, 6.45) is 4.01. The van der Waals surface area contributed by atoms with E-state index >= 15 is 0 Å². The molecule has 1 atom stereocenters. The van der Waals surface area contributed by atoms with Crippen LogP contribution in [0.25, 0.3) is 0 Å². The lowest BCUT2D eigenvalue weighted by Crippen LogP contribution is -2.12. The third-order valence-corrected chi connectivity index (χ3v) is 4.41. The Hall–Kier alpha value is -0.550. The molecule has 2 rings (SSSR count). The van der Waals surface area contributed by atoms with Crippen LogP contribution in [0, 0.1) is 5.92 Å². The van der Waals surface area contributed by atoms with E-state index in [1.54, 1.807) is 17.1 Å². The zero-order valence-electron chi connectivity index (χ0n) is 7.56. The minimum Gasteiger partial charge on any atom is -0.271 e. The van der Waals surface area contributed by atoms with E-state index in [1.807, 2.05) is 0 Å². The first-order valence-corrected chi connectivity index (χ1v) is 6.63. The van der Waals surface area contributed by atoms with E-state index in [1.165, 1.54) is 0 Å². The van der Waals surface area contributed by atoms with Gasteiger partial charge in [-0.15, -0.1) is 0 Å². The molecule has 0 saturated carbocycles. The smallest absolute Gasteiger partial charge is 0.150 e. The summed E-state index contributed by atoms with van der Waals surface area (Å²) in [4.78, 5) is 0. The van der Waals surface area contributed by atoms with Gasteiger partial charge in [0.05, 0.1) is 22.7 Å². The second-order valence-electron chi connectivity index (χ2n) is 3.65. The van der Waals surface area contributed by atoms with Gasteiger partial charge in [0.1, 0.15) is 0 Å². The van der Waals surface area contributed by atoms with Crippen molar-refractivity contribution in [3.05, 3.63) is 17.4 Å². The second kappa shape index (κ2) is 3.55. The predicted octanol–water partition coefficient (Wildman–Crippen LogP) is 0.971. The lowest BCUT2D eigenvalue weighted by Gasteiger charge is -2.06. The highest BCUT2D eigenvalue weighted by Crippen LogP contribution is 2.20. The van der Waals surface area contributed by atoms with Gasteiger partial charge in [0.15, 0.2) is 9.84 Å². The predicted molar refractivity (Wildman–Crippen MR) is 54.0 cm³/mol. The van der Waals surface area contributed by atoms with Crippen LogP contribution in [0.4, 0.5) is 0 Å². The van der Waals surface area contributed by atoms with Gasteiger partial charge in [-0.25, -0.2) is 8.42 Å². The molecule has 0 bridgehead atoms. The highest BCUT2D eigenvalue weighted by atomic mass is 35.5. The topological polar surface area (TPSA) is 52.0 Å². The van der Waals surface area contributed by atoms with Crippen molar-refractivity contribution in [1.29, 1.82) is 0 Å². The molecule has 0 aromatic carbocycles. The normalized spacial score (nSPS) is 25.4. The molecule has 4 nitrogen and oxygen atoms in total. The lowest BCUT2D eigenvalue weighted by atomic mass is 10.1. The maximum atomic E-state index is 11.2. The van der Waals surface area contributed by atoms with Gasteiger partial charge in [-0.2, -0.15) is 5.10 Å². The Morgan fingerprint density at radius 1 is 1.64 bits per heavy atom. The average molecular weight is 235 g/mol. The van der Waals surface area contributed by atoms with Gasteiger partial charge in [0.25, 0.3) is 0 Å². The largest absolute Gasteiger partial charge is 0.271 e. The van der Waals surface area contributed by atoms with Crippen LogP contribution >= 0.6 is 11.6 Å². The number of rotatable bonds is 2. The van der Waals surface area contributed by atoms with Crippen molar-refractivity contribution in [3.63, 3.8) is 0 Å². The van der Waals surface area contributed by atoms with Gasteiger partial charge in [-0.05, 0) is 12.3 Å². The van der Waals surface area contributed by atoms with Gasteiger partial charge in [-0.1, -0.05) is 11.6 Å². The molecule has 1 aromatic rings. The van der Waals surface area contributed by atoms with E-state index in [9.17, 15) is 8.42 Å². The molecule has 1 fully saturated rings. The molecule has 78 valence electrons. The van der Waals surface area contributed by atoms with Gasteiger partial charge in [0.2, 0.25) is 0 Å². The summed E-state index contributed by atoms with van der Waals surface area (Å²) in [5.74, 6) is 0.785. The van der Waals surface area contributed by atoms with Crippen molar-refractivity contribution >= 4 is 21.4 Å². The molecule has 1 aromatic heterocycles. The van der Waals surface area contributed by atoms with Crippen molar-refractivity contribution < 1.29 is 8.42 Å². The first-order chi connectivity index (χ1) is 6.55. The fraction of sp³-hybridized carbons (Fsp3) is 0.625. The van der Waals surface area contributed by atoms with E-state index in [0.717, 1.165) is 6.42 Å². The van der Waals surface area contributed by atoms with E-state index in [-0.39, 0.29) is 11.7 Å². The maximum absolute atomic E-state index is 11.2. The van der Waals surface area contributed by atoms with E-state index < -0.39 is 9.84 Å². The van der Waals surface area contributed by atoms with Crippen LogP contribution in [-0.2, 0) is 16.4 Å². The molecular weight excluding hydrogens is 224 g/mol. The molecule has 14 heavy (non-hydrogen) atoms. The number of sulfone groups is 1. The molecule has 1 aliphatic heterocycles. The van der Waals surface area contributed by atoms with Gasteiger partial charge in [0, 0.05) is 12.7 Å². The van der Waals surface area contributed by atoms with Crippen molar-refractivity contribution in [3.8, 4) is 0 Å². The van der Waals surface area contributed by atoms with Gasteiger partial charge < -0.3 is 0 Å². The average Bonchev–Trinajstić information content (AvgIpc) is 2.59. The minimum absolute atomic E-state index is 0.191. The summed E-state index contributed by atoms with van der Waals surface area (Å²) in [5, 5.41) is 4.61. The van der Waals surface area contributed by atoms with Crippen molar-refractivity contribution in [1.82, 2.24) is 9.78 Å². The van der Waals surface area contributed by atoms with Gasteiger partial charge in [-0.3, -0.25) is 4.68 Å². The monoisotopic (exact) mass is 234 g/mol. The van der Waals surface area contributed by atoms with Crippen LogP contribution in [0.5, 0.6) is 0 Å². The first kappa shape index (κ1) is 9.98. The lowest BCUT2D eigenvalue weighted by molar-refractivity contribution is 0.457. The van der Waals surface area contributed by atoms with Crippen LogP contribution in [0.2, 0.25) is 5.02 Å². The highest BCUT2D eigenvalue weighted by molar-refractivity contribution is 7.91. The molecule has 2 heterocycles. The zero-order chi connectivity index (χ0) is 10.2. The molecule has 0 spiro atoms. The molecular formula is C8H11ClN2O2S. The number of halogens is 1. The summed E-state index contributed by atoms with van der Waals surface area (Å²) in [6.45, 7) is 0.645. The second-order valence-corrected chi connectivity index (χ2v) is 6.31. The van der Waals surface area contributed by atoms with Crippen LogP contribution in [0.3, 0.4) is 0 Å².